The van der Waals surface area contributed by atoms with Crippen LogP contribution < -0.4 is 15.2 Å². The Hall–Kier alpha value is -2.90. The highest BCUT2D eigenvalue weighted by atomic mass is 16.5. The van der Waals surface area contributed by atoms with Crippen LogP contribution in [0.4, 0.5) is 5.69 Å². The van der Waals surface area contributed by atoms with E-state index < -0.39 is 6.10 Å². The molecule has 0 aliphatic carbocycles. The minimum Gasteiger partial charge on any atom is -0.494 e. The molecule has 0 amide bonds. The lowest BCUT2D eigenvalue weighted by Gasteiger charge is -2.36. The molecule has 2 aromatic carbocycles. The Morgan fingerprint density at radius 2 is 1.86 bits per heavy atom. The van der Waals surface area contributed by atoms with E-state index in [1.54, 1.807) is 25.3 Å². The molecule has 28 heavy (non-hydrogen) atoms. The van der Waals surface area contributed by atoms with Gasteiger partial charge < -0.3 is 19.7 Å². The van der Waals surface area contributed by atoms with E-state index in [9.17, 15) is 9.90 Å². The Balaban J connectivity index is 1.46. The minimum atomic E-state index is -0.870. The molecule has 7 heteroatoms. The number of nitrogens with one attached hydrogen (secondary N) is 1. The molecule has 2 heterocycles. The summed E-state index contributed by atoms with van der Waals surface area (Å²) in [5.74, 6) is 0.793. The van der Waals surface area contributed by atoms with Crippen LogP contribution in [-0.4, -0.2) is 59.8 Å². The van der Waals surface area contributed by atoms with Gasteiger partial charge in [-0.25, -0.2) is 4.98 Å². The van der Waals surface area contributed by atoms with Gasteiger partial charge in [0.15, 0.2) is 0 Å². The molecule has 1 fully saturated rings. The second kappa shape index (κ2) is 8.00. The van der Waals surface area contributed by atoms with Crippen molar-refractivity contribution in [2.75, 3.05) is 44.7 Å². The number of aliphatic hydroxyl groups is 1. The number of methoxy groups -OCH3 is 1. The molecule has 146 valence electrons. The van der Waals surface area contributed by atoms with E-state index in [4.69, 9.17) is 4.74 Å². The predicted molar refractivity (Wildman–Crippen MR) is 109 cm³/mol. The summed E-state index contributed by atoms with van der Waals surface area (Å²) in [5.41, 5.74) is 1.42. The molecule has 0 saturated carbocycles. The topological polar surface area (TPSA) is 81.7 Å². The summed E-state index contributed by atoms with van der Waals surface area (Å²) < 4.78 is 5.31. The van der Waals surface area contributed by atoms with Crippen molar-refractivity contribution in [2.24, 2.45) is 0 Å². The number of β-amino-alcohol motifs (C(OH)–C–C–N with tert-alkyl or cyclic N) is 1. The summed E-state index contributed by atoms with van der Waals surface area (Å²) in [6.45, 7) is 3.89. The van der Waals surface area contributed by atoms with Crippen molar-refractivity contribution >= 4 is 16.6 Å². The molecule has 3 aromatic rings. The number of benzene rings is 2. The van der Waals surface area contributed by atoms with E-state index in [0.717, 1.165) is 26.2 Å². The number of anilines is 1. The summed E-state index contributed by atoms with van der Waals surface area (Å²) in [6.07, 6.45) is -0.870. The first-order chi connectivity index (χ1) is 13.7. The number of rotatable bonds is 5. The lowest BCUT2D eigenvalue weighted by Crippen LogP contribution is -2.47. The summed E-state index contributed by atoms with van der Waals surface area (Å²) >= 11 is 0. The molecule has 0 spiro atoms. The van der Waals surface area contributed by atoms with Crippen molar-refractivity contribution in [3.05, 3.63) is 64.7 Å². The molecule has 1 aliphatic rings. The van der Waals surface area contributed by atoms with E-state index in [1.807, 2.05) is 18.2 Å². The molecule has 0 bridgehead atoms. The molecule has 2 N–H and O–H groups in total. The van der Waals surface area contributed by atoms with Crippen LogP contribution in [0.2, 0.25) is 0 Å². The quantitative estimate of drug-likeness (QED) is 0.702. The maximum absolute atomic E-state index is 12.4. The first-order valence-electron chi connectivity index (χ1n) is 9.43. The van der Waals surface area contributed by atoms with E-state index >= 15 is 0 Å². The van der Waals surface area contributed by atoms with Crippen molar-refractivity contribution in [1.82, 2.24) is 14.9 Å². The molecule has 0 radical (unpaired) electrons. The number of aliphatic hydroxyl groups excluding tert-OH is 1. The van der Waals surface area contributed by atoms with Crippen molar-refractivity contribution in [3.8, 4) is 5.75 Å². The standard InChI is InChI=1S/C21H24N4O3/c1-28-18-9-5-8-16-19(18)22-20(23-21(16)27)17(26)14-24-10-12-25(13-11-24)15-6-3-2-4-7-15/h2-9,17,26H,10-14H2,1H3,(H,22,23,27). The van der Waals surface area contributed by atoms with Crippen molar-refractivity contribution in [2.45, 2.75) is 6.10 Å². The molecular weight excluding hydrogens is 356 g/mol. The van der Waals surface area contributed by atoms with Gasteiger partial charge in [0.1, 0.15) is 23.2 Å². The number of fused-ring (bicyclic) bond motifs is 1. The third kappa shape index (κ3) is 3.72. The molecular formula is C21H24N4O3. The van der Waals surface area contributed by atoms with Gasteiger partial charge in [0, 0.05) is 38.4 Å². The Morgan fingerprint density at radius 1 is 1.11 bits per heavy atom. The largest absolute Gasteiger partial charge is 0.494 e. The number of H-pyrrole nitrogens is 1. The molecule has 1 atom stereocenters. The zero-order valence-corrected chi connectivity index (χ0v) is 15.8. The van der Waals surface area contributed by atoms with Gasteiger partial charge in [-0.15, -0.1) is 0 Å². The number of para-hydroxylation sites is 2. The number of nitrogens with zero attached hydrogens (tertiary/aromatic N) is 3. The Labute approximate surface area is 163 Å². The van der Waals surface area contributed by atoms with Gasteiger partial charge in [0.25, 0.3) is 5.56 Å². The van der Waals surface area contributed by atoms with Crippen LogP contribution in [0, 0.1) is 0 Å². The van der Waals surface area contributed by atoms with Gasteiger partial charge in [-0.1, -0.05) is 24.3 Å². The number of hydrogen-bond donors (Lipinski definition) is 2. The van der Waals surface area contributed by atoms with Gasteiger partial charge in [-0.05, 0) is 24.3 Å². The third-order valence-electron chi connectivity index (χ3n) is 5.18. The lowest BCUT2D eigenvalue weighted by atomic mass is 10.2. The Kier molecular flexibility index (Phi) is 5.27. The number of ether oxygens (including phenoxy) is 1. The van der Waals surface area contributed by atoms with E-state index in [0.29, 0.717) is 23.2 Å². The van der Waals surface area contributed by atoms with Gasteiger partial charge in [-0.3, -0.25) is 9.69 Å². The minimum absolute atomic E-state index is 0.271. The van der Waals surface area contributed by atoms with E-state index in [1.165, 1.54) is 5.69 Å². The maximum Gasteiger partial charge on any atom is 0.258 e. The summed E-state index contributed by atoms with van der Waals surface area (Å²) in [7, 11) is 1.54. The average molecular weight is 380 g/mol. The first kappa shape index (κ1) is 18.5. The van der Waals surface area contributed by atoms with Gasteiger partial charge in [0.05, 0.1) is 12.5 Å². The van der Waals surface area contributed by atoms with Gasteiger partial charge in [0.2, 0.25) is 0 Å². The monoisotopic (exact) mass is 380 g/mol. The van der Waals surface area contributed by atoms with Crippen LogP contribution in [0.3, 0.4) is 0 Å². The fourth-order valence-electron chi connectivity index (χ4n) is 3.63. The highest BCUT2D eigenvalue weighted by Crippen LogP contribution is 2.22. The lowest BCUT2D eigenvalue weighted by molar-refractivity contribution is 0.103. The molecule has 1 aromatic heterocycles. The van der Waals surface area contributed by atoms with Crippen molar-refractivity contribution < 1.29 is 9.84 Å². The predicted octanol–water partition coefficient (Wildman–Crippen LogP) is 1.79. The van der Waals surface area contributed by atoms with E-state index in [-0.39, 0.29) is 11.4 Å². The zero-order chi connectivity index (χ0) is 19.5. The highest BCUT2D eigenvalue weighted by molar-refractivity contribution is 5.83. The van der Waals surface area contributed by atoms with Gasteiger partial charge in [-0.2, -0.15) is 0 Å². The molecule has 1 aliphatic heterocycles. The second-order valence-corrected chi connectivity index (χ2v) is 6.95. The molecule has 1 unspecified atom stereocenters. The maximum atomic E-state index is 12.4. The number of aromatic amines is 1. The second-order valence-electron chi connectivity index (χ2n) is 6.95. The Morgan fingerprint density at radius 3 is 2.57 bits per heavy atom. The normalized spacial score (nSPS) is 16.3. The van der Waals surface area contributed by atoms with Crippen LogP contribution in [-0.2, 0) is 0 Å². The smallest absolute Gasteiger partial charge is 0.258 e. The molecule has 4 rings (SSSR count). The van der Waals surface area contributed by atoms with Crippen molar-refractivity contribution in [1.29, 1.82) is 0 Å². The number of hydrogen-bond acceptors (Lipinski definition) is 6. The summed E-state index contributed by atoms with van der Waals surface area (Å²) in [6, 6.07) is 15.5. The average Bonchev–Trinajstić information content (AvgIpc) is 2.74. The van der Waals surface area contributed by atoms with Gasteiger partial charge >= 0.3 is 0 Å². The van der Waals surface area contributed by atoms with E-state index in [2.05, 4.69) is 31.9 Å². The molecule has 1 saturated heterocycles. The third-order valence-corrected chi connectivity index (χ3v) is 5.18. The number of piperazine rings is 1. The van der Waals surface area contributed by atoms with Crippen LogP contribution >= 0.6 is 0 Å². The fourth-order valence-corrected chi connectivity index (χ4v) is 3.63. The molecule has 7 nitrogen and oxygen atoms in total. The fraction of sp³-hybridized carbons (Fsp3) is 0.333. The first-order valence-corrected chi connectivity index (χ1v) is 9.43. The summed E-state index contributed by atoms with van der Waals surface area (Å²) in [4.78, 5) is 24.1. The highest BCUT2D eigenvalue weighted by Gasteiger charge is 2.22. The van der Waals surface area contributed by atoms with Crippen LogP contribution in [0.15, 0.2) is 53.3 Å². The SMILES string of the molecule is COc1cccc2c(=O)[nH]c(C(O)CN3CCN(c4ccccc4)CC3)nc12. The zero-order valence-electron chi connectivity index (χ0n) is 15.8. The van der Waals surface area contributed by atoms with Crippen LogP contribution in [0.1, 0.15) is 11.9 Å². The number of aromatic nitrogens is 2. The Bertz CT molecular complexity index is 997. The van der Waals surface area contributed by atoms with Crippen molar-refractivity contribution in [3.63, 3.8) is 0 Å². The summed E-state index contributed by atoms with van der Waals surface area (Å²) in [5, 5.41) is 11.1. The van der Waals surface area contributed by atoms with Crippen LogP contribution in [0.25, 0.3) is 10.9 Å². The van der Waals surface area contributed by atoms with Crippen LogP contribution in [0.5, 0.6) is 5.75 Å².